The lowest BCUT2D eigenvalue weighted by atomic mass is 9.65. The summed E-state index contributed by atoms with van der Waals surface area (Å²) in [6, 6.07) is 22.1. The van der Waals surface area contributed by atoms with Gasteiger partial charge in [-0.05, 0) is 43.1 Å². The van der Waals surface area contributed by atoms with Crippen LogP contribution in [0.1, 0.15) is 42.7 Å². The topological polar surface area (TPSA) is 9.23 Å². The first-order valence-corrected chi connectivity index (χ1v) is 9.83. The van der Waals surface area contributed by atoms with E-state index in [9.17, 15) is 0 Å². The van der Waals surface area contributed by atoms with Crippen molar-refractivity contribution in [1.29, 1.82) is 0 Å². The van der Waals surface area contributed by atoms with Crippen molar-refractivity contribution in [2.45, 2.75) is 36.5 Å². The molecule has 2 aromatic rings. The third kappa shape index (κ3) is 2.27. The SMILES string of the molecule is CSC12CCCC1(C(c1ccccc1)c1ccccc1)CCO2. The number of ether oxygens (including phenoxy) is 1. The molecule has 0 bridgehead atoms. The van der Waals surface area contributed by atoms with E-state index in [0.29, 0.717) is 5.92 Å². The quantitative estimate of drug-likeness (QED) is 0.737. The lowest BCUT2D eigenvalue weighted by Crippen LogP contribution is -2.42. The summed E-state index contributed by atoms with van der Waals surface area (Å²) in [5, 5.41) is 0. The van der Waals surface area contributed by atoms with Crippen molar-refractivity contribution in [3.05, 3.63) is 71.8 Å². The number of thioether (sulfide) groups is 1. The summed E-state index contributed by atoms with van der Waals surface area (Å²) in [5.74, 6) is 0.419. The highest BCUT2D eigenvalue weighted by molar-refractivity contribution is 7.99. The molecule has 2 aromatic carbocycles. The number of rotatable bonds is 4. The average molecular weight is 324 g/mol. The normalized spacial score (nSPS) is 29.8. The molecule has 0 radical (unpaired) electrons. The molecular formula is C21H24OS. The van der Waals surface area contributed by atoms with E-state index >= 15 is 0 Å². The number of hydrogen-bond acceptors (Lipinski definition) is 2. The first kappa shape index (κ1) is 15.3. The molecule has 2 heteroatoms. The monoisotopic (exact) mass is 324 g/mol. The lowest BCUT2D eigenvalue weighted by molar-refractivity contribution is 0.0310. The Morgan fingerprint density at radius 1 is 0.870 bits per heavy atom. The Balaban J connectivity index is 1.89. The Morgan fingerprint density at radius 3 is 2.04 bits per heavy atom. The van der Waals surface area contributed by atoms with Crippen LogP contribution in [0.4, 0.5) is 0 Å². The van der Waals surface area contributed by atoms with Crippen molar-refractivity contribution in [2.75, 3.05) is 12.9 Å². The van der Waals surface area contributed by atoms with E-state index < -0.39 is 0 Å². The third-order valence-electron chi connectivity index (χ3n) is 5.92. The molecule has 4 rings (SSSR count). The summed E-state index contributed by atoms with van der Waals surface area (Å²) in [7, 11) is 0. The highest BCUT2D eigenvalue weighted by Crippen LogP contribution is 2.66. The molecule has 1 aliphatic heterocycles. The molecule has 0 amide bonds. The maximum absolute atomic E-state index is 6.40. The minimum atomic E-state index is -0.0106. The zero-order chi connectivity index (χ0) is 15.8. The van der Waals surface area contributed by atoms with Gasteiger partial charge in [-0.3, -0.25) is 0 Å². The molecule has 1 saturated heterocycles. The predicted octanol–water partition coefficient (Wildman–Crippen LogP) is 5.47. The van der Waals surface area contributed by atoms with Gasteiger partial charge in [-0.15, -0.1) is 11.8 Å². The summed E-state index contributed by atoms with van der Waals surface area (Å²) in [6.07, 6.45) is 7.13. The van der Waals surface area contributed by atoms with Gasteiger partial charge in [-0.25, -0.2) is 0 Å². The van der Waals surface area contributed by atoms with Gasteiger partial charge in [0.05, 0.1) is 0 Å². The summed E-state index contributed by atoms with van der Waals surface area (Å²) in [6.45, 7) is 0.900. The summed E-state index contributed by atoms with van der Waals surface area (Å²) in [4.78, 5) is -0.0106. The molecule has 1 saturated carbocycles. The standard InChI is InChI=1S/C21H24OS/c1-23-21-14-8-13-20(21,15-16-22-21)19(17-9-4-2-5-10-17)18-11-6-3-7-12-18/h2-7,9-12,19H,8,13-16H2,1H3. The van der Waals surface area contributed by atoms with Crippen LogP contribution in [0.5, 0.6) is 0 Å². The van der Waals surface area contributed by atoms with Gasteiger partial charge in [0.25, 0.3) is 0 Å². The second kappa shape index (κ2) is 5.99. The van der Waals surface area contributed by atoms with E-state index in [-0.39, 0.29) is 10.3 Å². The minimum Gasteiger partial charge on any atom is -0.364 e. The zero-order valence-electron chi connectivity index (χ0n) is 13.7. The van der Waals surface area contributed by atoms with Gasteiger partial charge in [0.1, 0.15) is 4.93 Å². The Morgan fingerprint density at radius 2 is 1.48 bits per heavy atom. The van der Waals surface area contributed by atoms with Crippen molar-refractivity contribution >= 4 is 11.8 Å². The molecule has 1 aliphatic carbocycles. The Bertz CT molecular complexity index is 603. The molecule has 120 valence electrons. The van der Waals surface area contributed by atoms with Gasteiger partial charge in [0.2, 0.25) is 0 Å². The van der Waals surface area contributed by atoms with E-state index in [4.69, 9.17) is 4.74 Å². The van der Waals surface area contributed by atoms with Crippen LogP contribution in [0.25, 0.3) is 0 Å². The van der Waals surface area contributed by atoms with Gasteiger partial charge >= 0.3 is 0 Å². The molecule has 2 fully saturated rings. The van der Waals surface area contributed by atoms with Gasteiger partial charge in [-0.1, -0.05) is 60.7 Å². The van der Waals surface area contributed by atoms with Gasteiger partial charge < -0.3 is 4.74 Å². The van der Waals surface area contributed by atoms with Crippen molar-refractivity contribution < 1.29 is 4.74 Å². The fourth-order valence-electron chi connectivity index (χ4n) is 5.00. The Hall–Kier alpha value is -1.25. The molecule has 2 unspecified atom stereocenters. The third-order valence-corrected chi connectivity index (χ3v) is 7.31. The Labute approximate surface area is 143 Å². The highest BCUT2D eigenvalue weighted by Gasteiger charge is 2.62. The van der Waals surface area contributed by atoms with Gasteiger partial charge in [0.15, 0.2) is 0 Å². The Kier molecular flexibility index (Phi) is 3.98. The minimum absolute atomic E-state index is 0.0106. The first-order valence-electron chi connectivity index (χ1n) is 8.60. The molecule has 2 atom stereocenters. The molecule has 1 nitrogen and oxygen atoms in total. The van der Waals surface area contributed by atoms with Crippen LogP contribution in [0.15, 0.2) is 60.7 Å². The largest absolute Gasteiger partial charge is 0.364 e. The summed E-state index contributed by atoms with van der Waals surface area (Å²) in [5.41, 5.74) is 3.09. The maximum Gasteiger partial charge on any atom is 0.120 e. The van der Waals surface area contributed by atoms with Crippen LogP contribution in [0, 0.1) is 5.41 Å². The highest BCUT2D eigenvalue weighted by atomic mass is 32.2. The molecule has 0 N–H and O–H groups in total. The van der Waals surface area contributed by atoms with Gasteiger partial charge in [-0.2, -0.15) is 0 Å². The molecule has 2 aliphatic rings. The van der Waals surface area contributed by atoms with E-state index in [1.54, 1.807) is 0 Å². The van der Waals surface area contributed by atoms with Crippen LogP contribution in [-0.2, 0) is 4.74 Å². The van der Waals surface area contributed by atoms with E-state index in [2.05, 4.69) is 66.9 Å². The lowest BCUT2D eigenvalue weighted by Gasteiger charge is -2.44. The summed E-state index contributed by atoms with van der Waals surface area (Å²) >= 11 is 1.94. The molecular weight excluding hydrogens is 300 g/mol. The molecule has 0 aromatic heterocycles. The van der Waals surface area contributed by atoms with Gasteiger partial charge in [0, 0.05) is 17.9 Å². The fourth-order valence-corrected chi connectivity index (χ4v) is 6.28. The van der Waals surface area contributed by atoms with Crippen molar-refractivity contribution in [1.82, 2.24) is 0 Å². The molecule has 23 heavy (non-hydrogen) atoms. The second-order valence-electron chi connectivity index (χ2n) is 6.82. The van der Waals surface area contributed by atoms with Crippen molar-refractivity contribution in [3.63, 3.8) is 0 Å². The van der Waals surface area contributed by atoms with Crippen LogP contribution in [0.3, 0.4) is 0 Å². The zero-order valence-corrected chi connectivity index (χ0v) is 14.5. The predicted molar refractivity (Wildman–Crippen MR) is 97.8 cm³/mol. The summed E-state index contributed by atoms with van der Waals surface area (Å²) < 4.78 is 6.40. The van der Waals surface area contributed by atoms with Crippen molar-refractivity contribution in [2.24, 2.45) is 5.41 Å². The van der Waals surface area contributed by atoms with Crippen molar-refractivity contribution in [3.8, 4) is 0 Å². The average Bonchev–Trinajstić information content (AvgIpc) is 3.13. The first-order chi connectivity index (χ1) is 11.3. The smallest absolute Gasteiger partial charge is 0.120 e. The second-order valence-corrected chi connectivity index (χ2v) is 7.89. The van der Waals surface area contributed by atoms with Crippen LogP contribution in [0.2, 0.25) is 0 Å². The van der Waals surface area contributed by atoms with E-state index in [1.807, 2.05) is 11.8 Å². The van der Waals surface area contributed by atoms with Crippen LogP contribution >= 0.6 is 11.8 Å². The van der Waals surface area contributed by atoms with E-state index in [1.165, 1.54) is 36.8 Å². The molecule has 0 spiro atoms. The molecule has 1 heterocycles. The fraction of sp³-hybridized carbons (Fsp3) is 0.429. The van der Waals surface area contributed by atoms with E-state index in [0.717, 1.165) is 6.61 Å². The number of hydrogen-bond donors (Lipinski definition) is 0. The number of benzene rings is 2. The van der Waals surface area contributed by atoms with Crippen LogP contribution in [-0.4, -0.2) is 17.8 Å². The maximum atomic E-state index is 6.40. The van der Waals surface area contributed by atoms with Crippen LogP contribution < -0.4 is 0 Å². The number of fused-ring (bicyclic) bond motifs is 1.